The second kappa shape index (κ2) is 4.14. The summed E-state index contributed by atoms with van der Waals surface area (Å²) in [5.41, 5.74) is 1.17. The van der Waals surface area contributed by atoms with Gasteiger partial charge in [0.2, 0.25) is 0 Å². The number of furan rings is 1. The zero-order chi connectivity index (χ0) is 11.7. The number of aryl methyl sites for hydroxylation is 1. The molecule has 15 heavy (non-hydrogen) atoms. The van der Waals surface area contributed by atoms with Crippen LogP contribution in [0.4, 0.5) is 0 Å². The molecule has 0 aliphatic heterocycles. The number of hydrogen-bond donors (Lipinski definition) is 0. The van der Waals surface area contributed by atoms with Crippen molar-refractivity contribution in [1.29, 1.82) is 0 Å². The van der Waals surface area contributed by atoms with Gasteiger partial charge in [-0.1, -0.05) is 20.8 Å². The van der Waals surface area contributed by atoms with Gasteiger partial charge in [-0.05, 0) is 36.7 Å². The standard InChI is InChI=1S/C12H22O2Si/c1-10-7-8-13-11(10)9-14-15(5,6)12(2,3)4/h7-8H,9H2,1-6H3. The average molecular weight is 226 g/mol. The maximum Gasteiger partial charge on any atom is 0.192 e. The smallest absolute Gasteiger partial charge is 0.192 e. The summed E-state index contributed by atoms with van der Waals surface area (Å²) in [6.07, 6.45) is 1.72. The van der Waals surface area contributed by atoms with Gasteiger partial charge in [-0.2, -0.15) is 0 Å². The van der Waals surface area contributed by atoms with Crippen molar-refractivity contribution in [3.05, 3.63) is 23.7 Å². The minimum Gasteiger partial charge on any atom is -0.467 e. The molecule has 1 aromatic heterocycles. The number of rotatable bonds is 3. The fourth-order valence-corrected chi connectivity index (χ4v) is 1.94. The Labute approximate surface area is 93.8 Å². The molecule has 0 bridgehead atoms. The van der Waals surface area contributed by atoms with E-state index in [0.29, 0.717) is 6.61 Å². The third kappa shape index (κ3) is 2.95. The fraction of sp³-hybridized carbons (Fsp3) is 0.667. The highest BCUT2D eigenvalue weighted by atomic mass is 28.4. The van der Waals surface area contributed by atoms with Gasteiger partial charge >= 0.3 is 0 Å². The lowest BCUT2D eigenvalue weighted by molar-refractivity contribution is 0.245. The molecular weight excluding hydrogens is 204 g/mol. The van der Waals surface area contributed by atoms with Gasteiger partial charge in [0.15, 0.2) is 8.32 Å². The van der Waals surface area contributed by atoms with Gasteiger partial charge in [0.1, 0.15) is 5.76 Å². The quantitative estimate of drug-likeness (QED) is 0.724. The molecule has 0 radical (unpaired) electrons. The minimum atomic E-state index is -1.64. The van der Waals surface area contributed by atoms with E-state index in [4.69, 9.17) is 8.84 Å². The first-order chi connectivity index (χ1) is 6.74. The molecule has 0 aromatic carbocycles. The van der Waals surface area contributed by atoms with Gasteiger partial charge in [-0.3, -0.25) is 0 Å². The highest BCUT2D eigenvalue weighted by Crippen LogP contribution is 2.37. The van der Waals surface area contributed by atoms with Gasteiger partial charge in [0.05, 0.1) is 12.9 Å². The molecule has 3 heteroatoms. The zero-order valence-corrected chi connectivity index (χ0v) is 11.7. The van der Waals surface area contributed by atoms with Crippen molar-refractivity contribution in [3.63, 3.8) is 0 Å². The molecular formula is C12H22O2Si. The predicted octanol–water partition coefficient (Wildman–Crippen LogP) is 4.11. The summed E-state index contributed by atoms with van der Waals surface area (Å²) in [7, 11) is -1.64. The first-order valence-electron chi connectivity index (χ1n) is 5.41. The van der Waals surface area contributed by atoms with Crippen LogP contribution in [0.5, 0.6) is 0 Å². The van der Waals surface area contributed by atoms with Crippen molar-refractivity contribution < 1.29 is 8.84 Å². The molecule has 0 spiro atoms. The largest absolute Gasteiger partial charge is 0.467 e. The Bertz CT molecular complexity index is 321. The van der Waals surface area contributed by atoms with Crippen molar-refractivity contribution >= 4 is 8.32 Å². The van der Waals surface area contributed by atoms with Crippen LogP contribution in [-0.4, -0.2) is 8.32 Å². The third-order valence-corrected chi connectivity index (χ3v) is 7.82. The van der Waals surface area contributed by atoms with Crippen LogP contribution in [-0.2, 0) is 11.0 Å². The van der Waals surface area contributed by atoms with Crippen molar-refractivity contribution in [3.8, 4) is 0 Å². The molecule has 0 saturated heterocycles. The Morgan fingerprint density at radius 2 is 1.93 bits per heavy atom. The lowest BCUT2D eigenvalue weighted by Crippen LogP contribution is -2.40. The molecule has 0 aliphatic carbocycles. The number of hydrogen-bond acceptors (Lipinski definition) is 2. The van der Waals surface area contributed by atoms with Crippen LogP contribution in [0.2, 0.25) is 18.1 Å². The average Bonchev–Trinajstić information content (AvgIpc) is 2.46. The molecule has 86 valence electrons. The lowest BCUT2D eigenvalue weighted by atomic mass is 10.2. The van der Waals surface area contributed by atoms with E-state index in [-0.39, 0.29) is 5.04 Å². The van der Waals surface area contributed by atoms with Crippen molar-refractivity contribution in [2.24, 2.45) is 0 Å². The zero-order valence-electron chi connectivity index (χ0n) is 10.7. The monoisotopic (exact) mass is 226 g/mol. The Hall–Kier alpha value is -0.543. The molecule has 0 amide bonds. The normalized spacial score (nSPS) is 13.2. The maximum absolute atomic E-state index is 6.06. The third-order valence-electron chi connectivity index (χ3n) is 3.34. The van der Waals surface area contributed by atoms with E-state index in [1.807, 2.05) is 13.0 Å². The van der Waals surface area contributed by atoms with E-state index in [1.165, 1.54) is 5.56 Å². The van der Waals surface area contributed by atoms with Gasteiger partial charge in [-0.15, -0.1) is 0 Å². The molecule has 1 aromatic rings. The second-order valence-corrected chi connectivity index (χ2v) is 10.4. The molecule has 0 fully saturated rings. The van der Waals surface area contributed by atoms with E-state index >= 15 is 0 Å². The van der Waals surface area contributed by atoms with E-state index in [9.17, 15) is 0 Å². The van der Waals surface area contributed by atoms with Gasteiger partial charge in [0, 0.05) is 0 Å². The first-order valence-corrected chi connectivity index (χ1v) is 8.32. The molecule has 1 heterocycles. The van der Waals surface area contributed by atoms with Gasteiger partial charge in [0.25, 0.3) is 0 Å². The van der Waals surface area contributed by atoms with E-state index in [2.05, 4.69) is 33.9 Å². The molecule has 0 saturated carbocycles. The summed E-state index contributed by atoms with van der Waals surface area (Å²) < 4.78 is 11.4. The minimum absolute atomic E-state index is 0.257. The van der Waals surface area contributed by atoms with Crippen LogP contribution in [0.15, 0.2) is 16.7 Å². The summed E-state index contributed by atoms with van der Waals surface area (Å²) in [5.74, 6) is 0.958. The summed E-state index contributed by atoms with van der Waals surface area (Å²) in [5, 5.41) is 0.257. The Balaban J connectivity index is 2.61. The Morgan fingerprint density at radius 3 is 2.33 bits per heavy atom. The molecule has 0 atom stereocenters. The van der Waals surface area contributed by atoms with Crippen LogP contribution in [0.3, 0.4) is 0 Å². The van der Waals surface area contributed by atoms with Crippen LogP contribution in [0.1, 0.15) is 32.1 Å². The summed E-state index contributed by atoms with van der Waals surface area (Å²) in [6, 6.07) is 1.98. The van der Waals surface area contributed by atoms with Crippen LogP contribution < -0.4 is 0 Å². The van der Waals surface area contributed by atoms with Crippen molar-refractivity contribution in [1.82, 2.24) is 0 Å². The highest BCUT2D eigenvalue weighted by Gasteiger charge is 2.37. The molecule has 0 unspecified atom stereocenters. The van der Waals surface area contributed by atoms with Crippen LogP contribution in [0.25, 0.3) is 0 Å². The fourth-order valence-electron chi connectivity index (χ4n) is 1.01. The van der Waals surface area contributed by atoms with Crippen molar-refractivity contribution in [2.45, 2.75) is 52.4 Å². The van der Waals surface area contributed by atoms with Crippen molar-refractivity contribution in [2.75, 3.05) is 0 Å². The highest BCUT2D eigenvalue weighted by molar-refractivity contribution is 6.74. The summed E-state index contributed by atoms with van der Waals surface area (Å²) in [4.78, 5) is 0. The summed E-state index contributed by atoms with van der Waals surface area (Å²) >= 11 is 0. The molecule has 1 rings (SSSR count). The first kappa shape index (κ1) is 12.5. The topological polar surface area (TPSA) is 22.4 Å². The second-order valence-electron chi connectivity index (χ2n) is 5.58. The van der Waals surface area contributed by atoms with E-state index in [0.717, 1.165) is 5.76 Å². The van der Waals surface area contributed by atoms with Crippen LogP contribution >= 0.6 is 0 Å². The van der Waals surface area contributed by atoms with Gasteiger partial charge < -0.3 is 8.84 Å². The Morgan fingerprint density at radius 1 is 1.33 bits per heavy atom. The predicted molar refractivity (Wildman–Crippen MR) is 65.4 cm³/mol. The lowest BCUT2D eigenvalue weighted by Gasteiger charge is -2.35. The van der Waals surface area contributed by atoms with E-state index < -0.39 is 8.32 Å². The molecule has 0 aliphatic rings. The van der Waals surface area contributed by atoms with E-state index in [1.54, 1.807) is 6.26 Å². The molecule has 0 N–H and O–H groups in total. The maximum atomic E-state index is 6.06. The SMILES string of the molecule is Cc1ccoc1CO[Si](C)(C)C(C)(C)C. The summed E-state index contributed by atoms with van der Waals surface area (Å²) in [6.45, 7) is 13.9. The van der Waals surface area contributed by atoms with Gasteiger partial charge in [-0.25, -0.2) is 0 Å². The molecule has 2 nitrogen and oxygen atoms in total. The Kier molecular flexibility index (Phi) is 3.46. The van der Waals surface area contributed by atoms with Crippen LogP contribution in [0, 0.1) is 6.92 Å².